The molecule has 1 aliphatic heterocycles. The van der Waals surface area contributed by atoms with E-state index in [1.807, 2.05) is 17.4 Å². The first-order valence-corrected chi connectivity index (χ1v) is 14.8. The second kappa shape index (κ2) is 8.69. The Bertz CT molecular complexity index is 2120. The van der Waals surface area contributed by atoms with Gasteiger partial charge in [0.05, 0.1) is 17.1 Å². The fraction of sp³-hybridized carbons (Fsp3) is 0.0811. The number of anilines is 3. The van der Waals surface area contributed by atoms with E-state index >= 15 is 0 Å². The summed E-state index contributed by atoms with van der Waals surface area (Å²) in [5.41, 5.74) is 8.19. The Hall–Kier alpha value is -4.11. The average Bonchev–Trinajstić information content (AvgIpc) is 3.36. The number of fused-ring (bicyclic) bond motifs is 6. The van der Waals surface area contributed by atoms with E-state index in [1.54, 1.807) is 0 Å². The molecule has 7 aromatic rings. The molecule has 0 aliphatic carbocycles. The summed E-state index contributed by atoms with van der Waals surface area (Å²) in [5, 5.41) is 5.86. The van der Waals surface area contributed by atoms with E-state index in [0.29, 0.717) is 0 Å². The summed E-state index contributed by atoms with van der Waals surface area (Å²) in [6, 6.07) is 43.9. The van der Waals surface area contributed by atoms with Crippen LogP contribution < -0.4 is 4.90 Å². The van der Waals surface area contributed by atoms with Gasteiger partial charge < -0.3 is 4.90 Å². The summed E-state index contributed by atoms with van der Waals surface area (Å²) in [6.45, 7) is 4.58. The van der Waals surface area contributed by atoms with Crippen molar-refractivity contribution in [1.82, 2.24) is 0 Å². The number of hydrogen-bond donors (Lipinski definition) is 0. The van der Waals surface area contributed by atoms with E-state index < -0.39 is 0 Å². The Labute approximate surface area is 242 Å². The highest BCUT2D eigenvalue weighted by molar-refractivity contribution is 7.26. The van der Waals surface area contributed by atoms with Crippen LogP contribution in [0.15, 0.2) is 121 Å². The number of nitrogens with zero attached hydrogens (tertiary/aromatic N) is 1. The monoisotopic (exact) mass is 551 g/mol. The standard InChI is InChI=1S/C37H26ClNS/c1-37(2)29-16-6-7-18-31(29)39(32-19-10-17-30(38)34(32)37)35-24-12-4-3-11-23(24)21-22-26(35)28-15-9-14-27-25-13-5-8-20-33(25)40-36(27)28/h3-22H,1-2H3. The van der Waals surface area contributed by atoms with Crippen molar-refractivity contribution in [2.75, 3.05) is 4.90 Å². The highest BCUT2D eigenvalue weighted by Gasteiger charge is 2.39. The van der Waals surface area contributed by atoms with Crippen molar-refractivity contribution in [2.24, 2.45) is 0 Å². The molecular formula is C37H26ClNS. The number of halogens is 1. The van der Waals surface area contributed by atoms with Gasteiger partial charge in [-0.1, -0.05) is 123 Å². The number of hydrogen-bond acceptors (Lipinski definition) is 2. The zero-order valence-corrected chi connectivity index (χ0v) is 23.9. The number of thiophene rings is 1. The maximum absolute atomic E-state index is 7.02. The van der Waals surface area contributed by atoms with Gasteiger partial charge in [0.1, 0.15) is 0 Å². The highest BCUT2D eigenvalue weighted by Crippen LogP contribution is 2.57. The molecule has 0 unspecified atom stereocenters. The van der Waals surface area contributed by atoms with E-state index in [0.717, 1.165) is 16.3 Å². The van der Waals surface area contributed by atoms with Crippen LogP contribution in [0.3, 0.4) is 0 Å². The summed E-state index contributed by atoms with van der Waals surface area (Å²) < 4.78 is 2.63. The summed E-state index contributed by atoms with van der Waals surface area (Å²) in [7, 11) is 0. The molecule has 1 nitrogen and oxygen atoms in total. The van der Waals surface area contributed by atoms with Crippen molar-refractivity contribution >= 4 is 70.9 Å². The van der Waals surface area contributed by atoms with Crippen LogP contribution in [0.1, 0.15) is 25.0 Å². The summed E-state index contributed by atoms with van der Waals surface area (Å²) >= 11 is 8.90. The quantitative estimate of drug-likeness (QED) is 0.206. The van der Waals surface area contributed by atoms with Crippen molar-refractivity contribution in [2.45, 2.75) is 19.3 Å². The maximum atomic E-state index is 7.02. The number of rotatable bonds is 2. The van der Waals surface area contributed by atoms with Gasteiger partial charge in [-0.15, -0.1) is 11.3 Å². The number of benzene rings is 6. The van der Waals surface area contributed by atoms with Crippen LogP contribution in [0.2, 0.25) is 5.02 Å². The van der Waals surface area contributed by atoms with Crippen LogP contribution >= 0.6 is 22.9 Å². The third kappa shape index (κ3) is 3.27. The first-order chi connectivity index (χ1) is 19.5. The molecule has 8 rings (SSSR count). The normalized spacial score (nSPS) is 14.0. The van der Waals surface area contributed by atoms with Gasteiger partial charge in [-0.3, -0.25) is 0 Å². The van der Waals surface area contributed by atoms with Gasteiger partial charge in [0.25, 0.3) is 0 Å². The lowest BCUT2D eigenvalue weighted by atomic mass is 9.73. The third-order valence-electron chi connectivity index (χ3n) is 8.49. The van der Waals surface area contributed by atoms with Crippen LogP contribution in [0, 0.1) is 0 Å². The Balaban J connectivity index is 1.53. The van der Waals surface area contributed by atoms with E-state index in [4.69, 9.17) is 11.6 Å². The highest BCUT2D eigenvalue weighted by atomic mass is 35.5. The van der Waals surface area contributed by atoms with Gasteiger partial charge in [-0.25, -0.2) is 0 Å². The van der Waals surface area contributed by atoms with Gasteiger partial charge in [0, 0.05) is 52.7 Å². The lowest BCUT2D eigenvalue weighted by Gasteiger charge is -2.43. The largest absolute Gasteiger partial charge is 0.309 e. The van der Waals surface area contributed by atoms with E-state index in [-0.39, 0.29) is 5.41 Å². The third-order valence-corrected chi connectivity index (χ3v) is 10.0. The van der Waals surface area contributed by atoms with Crippen LogP contribution in [0.25, 0.3) is 42.1 Å². The van der Waals surface area contributed by atoms with E-state index in [1.165, 1.54) is 59.0 Å². The molecule has 0 atom stereocenters. The fourth-order valence-electron chi connectivity index (χ4n) is 6.69. The second-order valence-corrected chi connectivity index (χ2v) is 12.5. The second-order valence-electron chi connectivity index (χ2n) is 11.1. The van der Waals surface area contributed by atoms with Crippen LogP contribution in [0.4, 0.5) is 17.1 Å². The van der Waals surface area contributed by atoms with Crippen LogP contribution in [-0.4, -0.2) is 0 Å². The fourth-order valence-corrected chi connectivity index (χ4v) is 8.33. The molecule has 0 radical (unpaired) electrons. The first-order valence-electron chi connectivity index (χ1n) is 13.6. The molecule has 6 aromatic carbocycles. The Morgan fingerprint density at radius 3 is 2.20 bits per heavy atom. The van der Waals surface area contributed by atoms with Crippen LogP contribution in [-0.2, 0) is 5.41 Å². The topological polar surface area (TPSA) is 3.24 Å². The summed E-state index contributed by atoms with van der Waals surface area (Å²) in [5.74, 6) is 0. The van der Waals surface area contributed by atoms with Gasteiger partial charge in [0.15, 0.2) is 0 Å². The summed E-state index contributed by atoms with van der Waals surface area (Å²) in [6.07, 6.45) is 0. The maximum Gasteiger partial charge on any atom is 0.0619 e. The van der Waals surface area contributed by atoms with Crippen molar-refractivity contribution in [3.05, 3.63) is 137 Å². The predicted molar refractivity (Wildman–Crippen MR) is 174 cm³/mol. The Kier molecular flexibility index (Phi) is 5.16. The van der Waals surface area contributed by atoms with Crippen molar-refractivity contribution in [3.8, 4) is 11.1 Å². The molecule has 3 heteroatoms. The van der Waals surface area contributed by atoms with Crippen LogP contribution in [0.5, 0.6) is 0 Å². The lowest BCUT2D eigenvalue weighted by Crippen LogP contribution is -2.31. The molecule has 2 heterocycles. The lowest BCUT2D eigenvalue weighted by molar-refractivity contribution is 0.632. The number of para-hydroxylation sites is 1. The summed E-state index contributed by atoms with van der Waals surface area (Å²) in [4.78, 5) is 2.46. The molecule has 0 bridgehead atoms. The minimum atomic E-state index is -0.239. The van der Waals surface area contributed by atoms with Gasteiger partial charge in [-0.05, 0) is 35.2 Å². The molecule has 0 saturated heterocycles. The minimum Gasteiger partial charge on any atom is -0.309 e. The molecule has 0 spiro atoms. The molecule has 192 valence electrons. The predicted octanol–water partition coefficient (Wildman–Crippen LogP) is 11.6. The molecule has 1 aromatic heterocycles. The Morgan fingerprint density at radius 2 is 1.30 bits per heavy atom. The molecule has 0 amide bonds. The SMILES string of the molecule is CC1(C)c2ccccc2N(c2c(-c3cccc4c3sc3ccccc34)ccc3ccccc23)c2cccc(Cl)c21. The molecular weight excluding hydrogens is 526 g/mol. The van der Waals surface area contributed by atoms with Gasteiger partial charge >= 0.3 is 0 Å². The Morgan fingerprint density at radius 1 is 0.600 bits per heavy atom. The van der Waals surface area contributed by atoms with E-state index in [2.05, 4.69) is 134 Å². The molecule has 0 saturated carbocycles. The molecule has 0 N–H and O–H groups in total. The first kappa shape index (κ1) is 23.7. The minimum absolute atomic E-state index is 0.239. The smallest absolute Gasteiger partial charge is 0.0619 e. The zero-order valence-electron chi connectivity index (χ0n) is 22.3. The zero-order chi connectivity index (χ0) is 27.0. The van der Waals surface area contributed by atoms with Gasteiger partial charge in [0.2, 0.25) is 0 Å². The van der Waals surface area contributed by atoms with E-state index in [9.17, 15) is 0 Å². The van der Waals surface area contributed by atoms with Gasteiger partial charge in [-0.2, -0.15) is 0 Å². The molecule has 1 aliphatic rings. The van der Waals surface area contributed by atoms with Crippen molar-refractivity contribution in [3.63, 3.8) is 0 Å². The molecule has 40 heavy (non-hydrogen) atoms. The average molecular weight is 552 g/mol. The molecule has 0 fully saturated rings. The van der Waals surface area contributed by atoms with Crippen molar-refractivity contribution < 1.29 is 0 Å². The van der Waals surface area contributed by atoms with Crippen molar-refractivity contribution in [1.29, 1.82) is 0 Å².